The highest BCUT2D eigenvalue weighted by molar-refractivity contribution is 7.89. The second kappa shape index (κ2) is 6.83. The number of phenolic OH excluding ortho intramolecular Hbond substituents is 1. The minimum atomic E-state index is -3.96. The summed E-state index contributed by atoms with van der Waals surface area (Å²) in [6.45, 7) is 5.90. The fourth-order valence-electron chi connectivity index (χ4n) is 3.40. The van der Waals surface area contributed by atoms with Crippen molar-refractivity contribution in [3.8, 4) is 5.75 Å². The fourth-order valence-corrected chi connectivity index (χ4v) is 4.90. The molecule has 136 valence electrons. The number of benzene rings is 1. The van der Waals surface area contributed by atoms with Crippen molar-refractivity contribution in [1.29, 1.82) is 0 Å². The number of hydrogen-bond acceptors (Lipinski definition) is 4. The zero-order chi connectivity index (χ0) is 18.2. The third-order valence-corrected chi connectivity index (χ3v) is 6.68. The minimum absolute atomic E-state index is 0.0249. The quantitative estimate of drug-likeness (QED) is 0.737. The molecule has 1 aliphatic rings. The number of aromatic hydroxyl groups is 1. The molecule has 0 spiro atoms. The van der Waals surface area contributed by atoms with E-state index in [-0.39, 0.29) is 27.8 Å². The van der Waals surface area contributed by atoms with Crippen molar-refractivity contribution in [2.24, 2.45) is 11.3 Å². The van der Waals surface area contributed by atoms with E-state index in [1.165, 1.54) is 18.2 Å². The lowest BCUT2D eigenvalue weighted by Crippen LogP contribution is -2.48. The van der Waals surface area contributed by atoms with Gasteiger partial charge < -0.3 is 10.2 Å². The van der Waals surface area contributed by atoms with Crippen molar-refractivity contribution in [3.63, 3.8) is 0 Å². The Kier molecular flexibility index (Phi) is 5.55. The molecule has 2 unspecified atom stereocenters. The van der Waals surface area contributed by atoms with Crippen LogP contribution in [0.5, 0.6) is 5.75 Å². The van der Waals surface area contributed by atoms with Gasteiger partial charge in [0, 0.05) is 6.54 Å². The predicted molar refractivity (Wildman–Crippen MR) is 94.7 cm³/mol. The van der Waals surface area contributed by atoms with Crippen LogP contribution in [0.1, 0.15) is 46.5 Å². The number of hydrogen-bond donors (Lipinski definition) is 3. The van der Waals surface area contributed by atoms with Gasteiger partial charge in [0.2, 0.25) is 10.0 Å². The van der Waals surface area contributed by atoms with Crippen molar-refractivity contribution in [2.45, 2.75) is 57.0 Å². The number of halogens is 1. The molecule has 1 saturated carbocycles. The lowest BCUT2D eigenvalue weighted by atomic mass is 9.67. The Labute approximate surface area is 149 Å². The van der Waals surface area contributed by atoms with Crippen LogP contribution in [-0.2, 0) is 10.0 Å². The number of aliphatic hydroxyl groups is 1. The highest BCUT2D eigenvalue weighted by Gasteiger charge is 2.39. The predicted octanol–water partition coefficient (Wildman–Crippen LogP) is 3.29. The Morgan fingerprint density at radius 2 is 2.08 bits per heavy atom. The maximum absolute atomic E-state index is 12.4. The Hall–Kier alpha value is -0.820. The zero-order valence-corrected chi connectivity index (χ0v) is 15.9. The van der Waals surface area contributed by atoms with Gasteiger partial charge in [-0.2, -0.15) is 0 Å². The molecule has 1 fully saturated rings. The van der Waals surface area contributed by atoms with E-state index >= 15 is 0 Å². The van der Waals surface area contributed by atoms with Crippen molar-refractivity contribution >= 4 is 21.6 Å². The van der Waals surface area contributed by atoms with E-state index in [4.69, 9.17) is 11.6 Å². The van der Waals surface area contributed by atoms with E-state index in [2.05, 4.69) is 18.6 Å². The second-order valence-corrected chi connectivity index (χ2v) is 9.87. The summed E-state index contributed by atoms with van der Waals surface area (Å²) < 4.78 is 27.3. The van der Waals surface area contributed by atoms with Crippen LogP contribution in [0.2, 0.25) is 5.02 Å². The van der Waals surface area contributed by atoms with Gasteiger partial charge >= 0.3 is 0 Å². The molecular weight excluding hydrogens is 350 g/mol. The Morgan fingerprint density at radius 3 is 2.71 bits per heavy atom. The summed E-state index contributed by atoms with van der Waals surface area (Å²) in [7, 11) is -3.96. The maximum atomic E-state index is 12.4. The first-order chi connectivity index (χ1) is 10.9. The van der Waals surface area contributed by atoms with Gasteiger partial charge in [-0.05, 0) is 49.7 Å². The third kappa shape index (κ3) is 4.42. The Bertz CT molecular complexity index is 701. The van der Waals surface area contributed by atoms with Crippen LogP contribution in [0.4, 0.5) is 0 Å². The summed E-state index contributed by atoms with van der Waals surface area (Å²) in [5.74, 6) is -0.456. The molecule has 2 atom stereocenters. The molecule has 1 aromatic carbocycles. The van der Waals surface area contributed by atoms with Crippen LogP contribution in [-0.4, -0.2) is 30.8 Å². The van der Waals surface area contributed by atoms with Gasteiger partial charge in [0.1, 0.15) is 4.90 Å². The number of sulfonamides is 1. The number of phenols is 1. The smallest absolute Gasteiger partial charge is 0.244 e. The molecule has 5 nitrogen and oxygen atoms in total. The zero-order valence-electron chi connectivity index (χ0n) is 14.3. The van der Waals surface area contributed by atoms with E-state index in [0.717, 1.165) is 25.7 Å². The van der Waals surface area contributed by atoms with E-state index in [0.29, 0.717) is 0 Å². The Balaban J connectivity index is 2.12. The summed E-state index contributed by atoms with van der Waals surface area (Å²) in [6, 6.07) is 4.15. The number of nitrogens with one attached hydrogen (secondary N) is 1. The molecule has 0 saturated heterocycles. The summed E-state index contributed by atoms with van der Waals surface area (Å²) in [5.41, 5.74) is -1.00. The summed E-state index contributed by atoms with van der Waals surface area (Å²) >= 11 is 5.77. The highest BCUT2D eigenvalue weighted by atomic mass is 35.5. The molecule has 1 aromatic rings. The van der Waals surface area contributed by atoms with Crippen LogP contribution in [0.25, 0.3) is 0 Å². The standard InChI is InChI=1S/C17H26ClNO4S/c1-16(2)9-5-6-12(10-16)17(3,21)11-19-24(22,23)14-8-4-7-13(18)15(14)20/h4,7-8,12,19-21H,5-6,9-11H2,1-3H3. The normalized spacial score (nSPS) is 23.6. The second-order valence-electron chi connectivity index (χ2n) is 7.73. The average Bonchev–Trinajstić information content (AvgIpc) is 2.47. The van der Waals surface area contributed by atoms with Crippen molar-refractivity contribution in [2.75, 3.05) is 6.54 Å². The van der Waals surface area contributed by atoms with Crippen LogP contribution in [0.15, 0.2) is 23.1 Å². The molecule has 24 heavy (non-hydrogen) atoms. The first-order valence-electron chi connectivity index (χ1n) is 8.14. The van der Waals surface area contributed by atoms with E-state index in [1.807, 2.05) is 0 Å². The molecule has 0 radical (unpaired) electrons. The summed E-state index contributed by atoms with van der Waals surface area (Å²) in [5, 5.41) is 20.6. The topological polar surface area (TPSA) is 86.6 Å². The van der Waals surface area contributed by atoms with Gasteiger partial charge in [0.15, 0.2) is 5.75 Å². The molecule has 3 N–H and O–H groups in total. The lowest BCUT2D eigenvalue weighted by molar-refractivity contribution is -0.0330. The Morgan fingerprint density at radius 1 is 1.42 bits per heavy atom. The summed E-state index contributed by atoms with van der Waals surface area (Å²) in [4.78, 5) is -0.283. The minimum Gasteiger partial charge on any atom is -0.505 e. The average molecular weight is 376 g/mol. The fraction of sp³-hybridized carbons (Fsp3) is 0.647. The van der Waals surface area contributed by atoms with Crippen molar-refractivity contribution < 1.29 is 18.6 Å². The van der Waals surface area contributed by atoms with Crippen LogP contribution >= 0.6 is 11.6 Å². The molecule has 7 heteroatoms. The molecule has 0 aromatic heterocycles. The molecule has 0 amide bonds. The molecular formula is C17H26ClNO4S. The first kappa shape index (κ1) is 19.5. The monoisotopic (exact) mass is 375 g/mol. The van der Waals surface area contributed by atoms with Crippen molar-refractivity contribution in [1.82, 2.24) is 4.72 Å². The van der Waals surface area contributed by atoms with Gasteiger partial charge in [0.05, 0.1) is 10.6 Å². The van der Waals surface area contributed by atoms with Crippen LogP contribution in [0.3, 0.4) is 0 Å². The summed E-state index contributed by atoms with van der Waals surface area (Å²) in [6.07, 6.45) is 3.86. The number of para-hydroxylation sites is 1. The molecule has 0 heterocycles. The maximum Gasteiger partial charge on any atom is 0.244 e. The van der Waals surface area contributed by atoms with Gasteiger partial charge in [-0.25, -0.2) is 13.1 Å². The molecule has 1 aliphatic carbocycles. The van der Waals surface area contributed by atoms with Crippen LogP contribution < -0.4 is 4.72 Å². The van der Waals surface area contributed by atoms with E-state index < -0.39 is 21.4 Å². The van der Waals surface area contributed by atoms with Gasteiger partial charge in [-0.15, -0.1) is 0 Å². The SMILES string of the molecule is CC1(C)CCCC(C(C)(O)CNS(=O)(=O)c2cccc(Cl)c2O)C1. The highest BCUT2D eigenvalue weighted by Crippen LogP contribution is 2.42. The van der Waals surface area contributed by atoms with Gasteiger partial charge in [-0.3, -0.25) is 0 Å². The van der Waals surface area contributed by atoms with Gasteiger partial charge in [0.25, 0.3) is 0 Å². The lowest BCUT2D eigenvalue weighted by Gasteiger charge is -2.42. The molecule has 0 aliphatic heterocycles. The van der Waals surface area contributed by atoms with Gasteiger partial charge in [-0.1, -0.05) is 37.9 Å². The molecule has 0 bridgehead atoms. The largest absolute Gasteiger partial charge is 0.505 e. The van der Waals surface area contributed by atoms with Crippen molar-refractivity contribution in [3.05, 3.63) is 23.2 Å². The first-order valence-corrected chi connectivity index (χ1v) is 10.0. The molecule has 2 rings (SSSR count). The number of rotatable bonds is 5. The third-order valence-electron chi connectivity index (χ3n) is 4.94. The van der Waals surface area contributed by atoms with Crippen LogP contribution in [0, 0.1) is 11.3 Å². The van der Waals surface area contributed by atoms with E-state index in [9.17, 15) is 18.6 Å². The van der Waals surface area contributed by atoms with E-state index in [1.54, 1.807) is 6.92 Å².